The molecule has 0 aromatic heterocycles. The first kappa shape index (κ1) is 9.71. The molecule has 0 aromatic rings. The Kier molecular flexibility index (Phi) is 2.35. The zero-order valence-electron chi connectivity index (χ0n) is 8.71. The monoisotopic (exact) mass is 195 g/mol. The van der Waals surface area contributed by atoms with Crippen molar-refractivity contribution in [3.63, 3.8) is 0 Å². The lowest BCUT2D eigenvalue weighted by molar-refractivity contribution is -0.152. The van der Waals surface area contributed by atoms with Crippen molar-refractivity contribution >= 4 is 5.97 Å². The smallest absolute Gasteiger partial charge is 0.330 e. The maximum atomic E-state index is 11.9. The zero-order chi connectivity index (χ0) is 10.2. The largest absolute Gasteiger partial charge is 0.464 e. The fourth-order valence-electron chi connectivity index (χ4n) is 2.68. The van der Waals surface area contributed by atoms with Crippen LogP contribution in [0.2, 0.25) is 0 Å². The molecule has 0 spiro atoms. The van der Waals surface area contributed by atoms with E-state index in [4.69, 9.17) is 4.74 Å². The fraction of sp³-hybridized carbons (Fsp3) is 0.727. The molecule has 2 saturated heterocycles. The van der Waals surface area contributed by atoms with Crippen LogP contribution in [0, 0.1) is 0 Å². The third-order valence-electron chi connectivity index (χ3n) is 3.39. The number of hydrogen-bond donors (Lipinski definition) is 0. The van der Waals surface area contributed by atoms with Crippen molar-refractivity contribution in [1.82, 2.24) is 4.90 Å². The van der Waals surface area contributed by atoms with Gasteiger partial charge in [0.05, 0.1) is 6.61 Å². The highest BCUT2D eigenvalue weighted by Crippen LogP contribution is 2.42. The average Bonchev–Trinajstić information content (AvgIpc) is 2.68. The molecule has 2 rings (SSSR count). The third kappa shape index (κ3) is 1.12. The number of esters is 1. The molecule has 3 heteroatoms. The van der Waals surface area contributed by atoms with Gasteiger partial charge in [0.1, 0.15) is 5.54 Å². The molecular weight excluding hydrogens is 178 g/mol. The van der Waals surface area contributed by atoms with Crippen molar-refractivity contribution in [3.8, 4) is 0 Å². The summed E-state index contributed by atoms with van der Waals surface area (Å²) in [4.78, 5) is 14.2. The molecule has 2 aliphatic rings. The summed E-state index contributed by atoms with van der Waals surface area (Å²) >= 11 is 0. The van der Waals surface area contributed by atoms with E-state index >= 15 is 0 Å². The minimum atomic E-state index is -0.448. The van der Waals surface area contributed by atoms with Crippen LogP contribution >= 0.6 is 0 Å². The molecule has 1 atom stereocenters. The topological polar surface area (TPSA) is 29.5 Å². The van der Waals surface area contributed by atoms with Crippen LogP contribution in [0.4, 0.5) is 0 Å². The maximum absolute atomic E-state index is 11.9. The van der Waals surface area contributed by atoms with E-state index in [2.05, 4.69) is 11.5 Å². The first-order valence-corrected chi connectivity index (χ1v) is 5.32. The summed E-state index contributed by atoms with van der Waals surface area (Å²) in [6.07, 6.45) is 2.92. The number of hydrogen-bond acceptors (Lipinski definition) is 3. The van der Waals surface area contributed by atoms with E-state index in [1.165, 1.54) is 0 Å². The van der Waals surface area contributed by atoms with Crippen LogP contribution in [0.3, 0.4) is 0 Å². The summed E-state index contributed by atoms with van der Waals surface area (Å²) in [5, 5.41) is 0. The Bertz CT molecular complexity index is 274. The van der Waals surface area contributed by atoms with Gasteiger partial charge in [-0.1, -0.05) is 6.58 Å². The Hall–Kier alpha value is -0.830. The lowest BCUT2D eigenvalue weighted by Crippen LogP contribution is -2.47. The van der Waals surface area contributed by atoms with Gasteiger partial charge in [0.15, 0.2) is 0 Å². The van der Waals surface area contributed by atoms with Crippen LogP contribution in [0.5, 0.6) is 0 Å². The van der Waals surface area contributed by atoms with Crippen LogP contribution in [0.15, 0.2) is 12.2 Å². The molecule has 0 amide bonds. The van der Waals surface area contributed by atoms with Crippen molar-refractivity contribution in [1.29, 1.82) is 0 Å². The molecule has 0 aromatic carbocycles. The highest BCUT2D eigenvalue weighted by molar-refractivity contribution is 5.86. The second kappa shape index (κ2) is 3.39. The average molecular weight is 195 g/mol. The van der Waals surface area contributed by atoms with Gasteiger partial charge in [-0.3, -0.25) is 4.90 Å². The van der Waals surface area contributed by atoms with Gasteiger partial charge in [0.25, 0.3) is 0 Å². The van der Waals surface area contributed by atoms with Gasteiger partial charge in [-0.05, 0) is 38.3 Å². The Labute approximate surface area is 84.7 Å². The Morgan fingerprint density at radius 1 is 1.64 bits per heavy atom. The number of ether oxygens (including phenoxy) is 1. The van der Waals surface area contributed by atoms with Crippen molar-refractivity contribution in [2.45, 2.75) is 31.7 Å². The summed E-state index contributed by atoms with van der Waals surface area (Å²) in [6, 6.07) is 0. The molecule has 3 nitrogen and oxygen atoms in total. The van der Waals surface area contributed by atoms with Crippen LogP contribution < -0.4 is 0 Å². The first-order valence-electron chi connectivity index (χ1n) is 5.32. The van der Waals surface area contributed by atoms with Crippen molar-refractivity contribution < 1.29 is 9.53 Å². The number of nitrogens with zero attached hydrogens (tertiary/aromatic N) is 1. The molecule has 0 unspecified atom stereocenters. The molecule has 0 saturated carbocycles. The van der Waals surface area contributed by atoms with Crippen LogP contribution in [-0.2, 0) is 9.53 Å². The van der Waals surface area contributed by atoms with Gasteiger partial charge < -0.3 is 4.74 Å². The number of fused-ring (bicyclic) bond motifs is 1. The molecule has 0 aliphatic carbocycles. The van der Waals surface area contributed by atoms with E-state index in [0.29, 0.717) is 6.61 Å². The van der Waals surface area contributed by atoms with Crippen molar-refractivity contribution in [2.24, 2.45) is 0 Å². The van der Waals surface area contributed by atoms with Gasteiger partial charge in [-0.25, -0.2) is 4.79 Å². The van der Waals surface area contributed by atoms with E-state index in [0.717, 1.165) is 37.9 Å². The molecule has 2 heterocycles. The number of carbonyl (C=O) groups is 1. The number of carbonyl (C=O) groups excluding carboxylic acids is 1. The highest BCUT2D eigenvalue weighted by atomic mass is 16.5. The molecule has 0 radical (unpaired) electrons. The standard InChI is InChI=1S/C11H17NO2/c1-3-14-10(13)11-6-4-7-12(11)8-5-9(11)2/h2-8H2,1H3/t11-/m1/s1. The quantitative estimate of drug-likeness (QED) is 0.492. The SMILES string of the molecule is C=C1CCN2CCC[C@]12C(=O)OCC. The summed E-state index contributed by atoms with van der Waals surface area (Å²) in [7, 11) is 0. The van der Waals surface area contributed by atoms with Gasteiger partial charge in [-0.2, -0.15) is 0 Å². The maximum Gasteiger partial charge on any atom is 0.330 e. The van der Waals surface area contributed by atoms with Crippen molar-refractivity contribution in [3.05, 3.63) is 12.2 Å². The third-order valence-corrected chi connectivity index (χ3v) is 3.39. The molecule has 2 aliphatic heterocycles. The molecule has 0 N–H and O–H groups in total. The second-order valence-corrected chi connectivity index (χ2v) is 4.02. The minimum absolute atomic E-state index is 0.0833. The minimum Gasteiger partial charge on any atom is -0.464 e. The lowest BCUT2D eigenvalue weighted by Gasteiger charge is -2.30. The molecule has 2 fully saturated rings. The Balaban J connectivity index is 2.26. The van der Waals surface area contributed by atoms with Crippen LogP contribution in [0.1, 0.15) is 26.2 Å². The summed E-state index contributed by atoms with van der Waals surface area (Å²) in [6.45, 7) is 8.32. The molecular formula is C11H17NO2. The van der Waals surface area contributed by atoms with E-state index in [9.17, 15) is 4.79 Å². The van der Waals surface area contributed by atoms with Crippen molar-refractivity contribution in [2.75, 3.05) is 19.7 Å². The van der Waals surface area contributed by atoms with Gasteiger partial charge in [0, 0.05) is 6.54 Å². The summed E-state index contributed by atoms with van der Waals surface area (Å²) < 4.78 is 5.16. The Morgan fingerprint density at radius 2 is 2.43 bits per heavy atom. The first-order chi connectivity index (χ1) is 6.71. The molecule has 0 bridgehead atoms. The molecule has 78 valence electrons. The number of rotatable bonds is 2. The van der Waals surface area contributed by atoms with Gasteiger partial charge >= 0.3 is 5.97 Å². The normalized spacial score (nSPS) is 31.9. The second-order valence-electron chi connectivity index (χ2n) is 4.02. The lowest BCUT2D eigenvalue weighted by atomic mass is 9.90. The van der Waals surface area contributed by atoms with Gasteiger partial charge in [-0.15, -0.1) is 0 Å². The summed E-state index contributed by atoms with van der Waals surface area (Å²) in [5.41, 5.74) is 0.601. The van der Waals surface area contributed by atoms with E-state index in [1.807, 2.05) is 6.92 Å². The summed E-state index contributed by atoms with van der Waals surface area (Å²) in [5.74, 6) is -0.0833. The predicted octanol–water partition coefficient (Wildman–Crippen LogP) is 1.34. The highest BCUT2D eigenvalue weighted by Gasteiger charge is 2.53. The van der Waals surface area contributed by atoms with Crippen LogP contribution in [-0.4, -0.2) is 36.1 Å². The van der Waals surface area contributed by atoms with E-state index in [1.54, 1.807) is 0 Å². The fourth-order valence-corrected chi connectivity index (χ4v) is 2.68. The van der Waals surface area contributed by atoms with Crippen LogP contribution in [0.25, 0.3) is 0 Å². The molecule has 14 heavy (non-hydrogen) atoms. The van der Waals surface area contributed by atoms with E-state index < -0.39 is 5.54 Å². The Morgan fingerprint density at radius 3 is 3.14 bits per heavy atom. The van der Waals surface area contributed by atoms with E-state index in [-0.39, 0.29) is 5.97 Å². The zero-order valence-corrected chi connectivity index (χ0v) is 8.71. The predicted molar refractivity (Wildman–Crippen MR) is 53.9 cm³/mol. The van der Waals surface area contributed by atoms with Gasteiger partial charge in [0.2, 0.25) is 0 Å².